The maximum atomic E-state index is 14.5. The number of sulfone groups is 1. The number of ketones is 1. The second-order valence-corrected chi connectivity index (χ2v) is 20.8. The van der Waals surface area contributed by atoms with Gasteiger partial charge in [0.25, 0.3) is 5.91 Å². The van der Waals surface area contributed by atoms with Crippen LogP contribution in [0.25, 0.3) is 0 Å². The molecule has 1 heterocycles. The van der Waals surface area contributed by atoms with Gasteiger partial charge in [0.05, 0.1) is 22.1 Å². The molecule has 13 heteroatoms. The van der Waals surface area contributed by atoms with Crippen molar-refractivity contribution in [1.29, 1.82) is 0 Å². The fourth-order valence-corrected chi connectivity index (χ4v) is 8.41. The zero-order valence-corrected chi connectivity index (χ0v) is 32.7. The largest absolute Gasteiger partial charge is 0.346 e. The molecule has 284 valence electrons. The second kappa shape index (κ2) is 15.7. The number of amides is 5. The number of Topliss-reactive ketones (excluding diaryl/α,β-unsaturated/α-hetero) is 1. The van der Waals surface area contributed by atoms with Gasteiger partial charge in [-0.15, -0.1) is 6.58 Å². The highest BCUT2D eigenvalue weighted by Crippen LogP contribution is 2.39. The maximum absolute atomic E-state index is 14.5. The molecule has 4 N–H and O–H groups in total. The van der Waals surface area contributed by atoms with E-state index >= 15 is 0 Å². The van der Waals surface area contributed by atoms with Crippen molar-refractivity contribution in [3.05, 3.63) is 12.7 Å². The minimum absolute atomic E-state index is 0.0572. The zero-order chi connectivity index (χ0) is 37.9. The Hall–Kier alpha value is -2.96. The average Bonchev–Trinajstić information content (AvgIpc) is 3.68. The van der Waals surface area contributed by atoms with Crippen LogP contribution in [0.4, 0.5) is 4.79 Å². The lowest BCUT2D eigenvalue weighted by atomic mass is 9.79. The van der Waals surface area contributed by atoms with Crippen molar-refractivity contribution in [2.75, 3.05) is 18.8 Å². The topological polar surface area (TPSA) is 171 Å². The molecule has 0 aromatic carbocycles. The molecular formula is C37H63N5O7S. The molecule has 0 spiro atoms. The quantitative estimate of drug-likeness (QED) is 0.164. The number of hydrogen-bond donors (Lipinski definition) is 4. The van der Waals surface area contributed by atoms with Crippen LogP contribution in [0, 0.1) is 22.7 Å². The predicted molar refractivity (Wildman–Crippen MR) is 195 cm³/mol. The summed E-state index contributed by atoms with van der Waals surface area (Å²) in [4.78, 5) is 69.6. The molecule has 3 rings (SSSR count). The molecule has 0 aromatic rings. The van der Waals surface area contributed by atoms with Crippen LogP contribution in [0.5, 0.6) is 0 Å². The van der Waals surface area contributed by atoms with Crippen LogP contribution >= 0.6 is 0 Å². The summed E-state index contributed by atoms with van der Waals surface area (Å²) >= 11 is 0. The molecule has 3 fully saturated rings. The van der Waals surface area contributed by atoms with Crippen molar-refractivity contribution in [3.8, 4) is 0 Å². The number of carbonyl (C=O) groups is 5. The summed E-state index contributed by atoms with van der Waals surface area (Å²) in [5.41, 5.74) is -2.00. The highest BCUT2D eigenvalue weighted by atomic mass is 32.2. The fourth-order valence-electron chi connectivity index (χ4n) is 6.89. The van der Waals surface area contributed by atoms with Crippen LogP contribution in [0.3, 0.4) is 0 Å². The molecule has 3 aliphatic rings. The van der Waals surface area contributed by atoms with E-state index in [-0.39, 0.29) is 36.1 Å². The summed E-state index contributed by atoms with van der Waals surface area (Å²) in [6.07, 6.45) is 7.52. The molecule has 2 saturated carbocycles. The van der Waals surface area contributed by atoms with Gasteiger partial charge in [0.1, 0.15) is 12.1 Å². The number of nitrogens with one attached hydrogen (secondary N) is 4. The second-order valence-electron chi connectivity index (χ2n) is 18.0. The van der Waals surface area contributed by atoms with Crippen molar-refractivity contribution in [3.63, 3.8) is 0 Å². The first kappa shape index (κ1) is 41.5. The van der Waals surface area contributed by atoms with Crippen LogP contribution < -0.4 is 21.3 Å². The minimum Gasteiger partial charge on any atom is -0.346 e. The van der Waals surface area contributed by atoms with E-state index < -0.39 is 73.2 Å². The van der Waals surface area contributed by atoms with Gasteiger partial charge in [-0.2, -0.15) is 0 Å². The summed E-state index contributed by atoms with van der Waals surface area (Å²) in [5.74, 6) is -2.49. The number of urea groups is 1. The lowest BCUT2D eigenvalue weighted by molar-refractivity contribution is -0.143. The molecule has 0 unspecified atom stereocenters. The van der Waals surface area contributed by atoms with Gasteiger partial charge < -0.3 is 26.2 Å². The summed E-state index contributed by atoms with van der Waals surface area (Å²) < 4.78 is 25.7. The Bertz CT molecular complexity index is 1400. The number of hydrogen-bond acceptors (Lipinski definition) is 7. The number of rotatable bonds is 13. The molecule has 1 saturated heterocycles. The Balaban J connectivity index is 1.88. The lowest BCUT2D eigenvalue weighted by Gasteiger charge is -2.41. The zero-order valence-electron chi connectivity index (χ0n) is 31.9. The van der Waals surface area contributed by atoms with Gasteiger partial charge in [-0.1, -0.05) is 79.7 Å². The molecule has 5 amide bonds. The Kier molecular flexibility index (Phi) is 13.0. The first-order chi connectivity index (χ1) is 22.9. The van der Waals surface area contributed by atoms with Crippen LogP contribution in [-0.2, 0) is 29.0 Å². The van der Waals surface area contributed by atoms with E-state index in [1.54, 1.807) is 20.8 Å². The van der Waals surface area contributed by atoms with Crippen molar-refractivity contribution in [2.24, 2.45) is 22.7 Å². The van der Waals surface area contributed by atoms with Crippen LogP contribution in [0.1, 0.15) is 120 Å². The van der Waals surface area contributed by atoms with E-state index in [1.807, 2.05) is 41.5 Å². The molecule has 0 aromatic heterocycles. The molecule has 50 heavy (non-hydrogen) atoms. The van der Waals surface area contributed by atoms with Crippen LogP contribution in [0.15, 0.2) is 12.7 Å². The summed E-state index contributed by atoms with van der Waals surface area (Å²) in [6, 6.07) is -3.62. The smallest absolute Gasteiger partial charge is 0.315 e. The summed E-state index contributed by atoms with van der Waals surface area (Å²) in [6.45, 7) is 20.5. The third-order valence-electron chi connectivity index (χ3n) is 10.6. The Labute approximate surface area is 300 Å². The molecule has 1 aliphatic heterocycles. The summed E-state index contributed by atoms with van der Waals surface area (Å²) in [7, 11) is -3.57. The van der Waals surface area contributed by atoms with Gasteiger partial charge in [-0.3, -0.25) is 19.2 Å². The normalized spacial score (nSPS) is 22.5. The van der Waals surface area contributed by atoms with Crippen LogP contribution in [0.2, 0.25) is 0 Å². The van der Waals surface area contributed by atoms with E-state index in [2.05, 4.69) is 27.8 Å². The minimum atomic E-state index is -3.57. The van der Waals surface area contributed by atoms with E-state index in [4.69, 9.17) is 0 Å². The van der Waals surface area contributed by atoms with Gasteiger partial charge in [0.2, 0.25) is 17.6 Å². The molecular weight excluding hydrogens is 659 g/mol. The molecule has 2 aliphatic carbocycles. The molecule has 0 bridgehead atoms. The molecule has 4 atom stereocenters. The van der Waals surface area contributed by atoms with Gasteiger partial charge in [-0.25, -0.2) is 13.2 Å². The third kappa shape index (κ3) is 10.8. The van der Waals surface area contributed by atoms with Gasteiger partial charge in [-0.05, 0) is 69.1 Å². The Morgan fingerprint density at radius 1 is 0.920 bits per heavy atom. The van der Waals surface area contributed by atoms with Crippen molar-refractivity contribution >= 4 is 39.4 Å². The monoisotopic (exact) mass is 721 g/mol. The highest BCUT2D eigenvalue weighted by molar-refractivity contribution is 7.92. The maximum Gasteiger partial charge on any atom is 0.315 e. The van der Waals surface area contributed by atoms with E-state index in [9.17, 15) is 32.4 Å². The van der Waals surface area contributed by atoms with Gasteiger partial charge in [0, 0.05) is 13.1 Å². The first-order valence-electron chi connectivity index (χ1n) is 18.3. The summed E-state index contributed by atoms with van der Waals surface area (Å²) in [5, 5.41) is 11.2. The SMILES string of the molecule is C=CCNC(=O)C(=O)[C@H](CC1CC1)NC(=O)[C@@H]1C[C@@H](C(C)(C)C)CN1C(=O)[C@@H](NC(=O)NC1(CS(=O)(=O)C(C)(C)C)CCCCC1)C(C)(C)C. The van der Waals surface area contributed by atoms with E-state index in [0.717, 1.165) is 32.1 Å². The fraction of sp³-hybridized carbons (Fsp3) is 0.811. The number of nitrogens with zero attached hydrogens (tertiary/aromatic N) is 1. The number of carbonyl (C=O) groups excluding carboxylic acids is 5. The van der Waals surface area contributed by atoms with Crippen molar-refractivity contribution < 1.29 is 32.4 Å². The molecule has 12 nitrogen and oxygen atoms in total. The van der Waals surface area contributed by atoms with Crippen LogP contribution in [-0.4, -0.2) is 90.1 Å². The first-order valence-corrected chi connectivity index (χ1v) is 19.9. The third-order valence-corrected chi connectivity index (χ3v) is 13.4. The van der Waals surface area contributed by atoms with Gasteiger partial charge >= 0.3 is 6.03 Å². The van der Waals surface area contributed by atoms with Gasteiger partial charge in [0.15, 0.2) is 9.84 Å². The van der Waals surface area contributed by atoms with E-state index in [1.165, 1.54) is 11.0 Å². The van der Waals surface area contributed by atoms with Crippen molar-refractivity contribution in [1.82, 2.24) is 26.2 Å². The predicted octanol–water partition coefficient (Wildman–Crippen LogP) is 4.04. The average molecular weight is 722 g/mol. The van der Waals surface area contributed by atoms with Crippen molar-refractivity contribution in [2.45, 2.75) is 149 Å². The Morgan fingerprint density at radius 3 is 2.02 bits per heavy atom. The highest BCUT2D eigenvalue weighted by Gasteiger charge is 2.49. The molecule has 0 radical (unpaired) electrons. The standard InChI is InChI=1S/C37H63N5O7S/c1-11-19-38-31(45)28(43)26(20-24-15-16-24)39-30(44)27-21-25(34(2,3)4)22-42(27)32(46)29(35(5,6)7)40-33(47)41-37(17-13-12-14-18-37)23-50(48,49)36(8,9)10/h11,24-27,29H,1,12-23H2,2-10H3,(H,38,45)(H,39,44)(H2,40,41,47)/t25-,26+,27+,29-/m1/s1. The Morgan fingerprint density at radius 2 is 1.52 bits per heavy atom. The lowest BCUT2D eigenvalue weighted by Crippen LogP contribution is -2.63. The number of likely N-dealkylation sites (tertiary alicyclic amines) is 1. The van der Waals surface area contributed by atoms with E-state index in [0.29, 0.717) is 25.7 Å².